The molecule has 0 unspecified atom stereocenters. The van der Waals surface area contributed by atoms with E-state index < -0.39 is 0 Å². The second-order valence-corrected chi connectivity index (χ2v) is 3.85. The van der Waals surface area contributed by atoms with Crippen molar-refractivity contribution < 1.29 is 0 Å². The number of unbranched alkanes of at least 4 members (excludes halogenated alkanes) is 2. The molecule has 0 nitrogen and oxygen atoms in total. The predicted molar refractivity (Wildman–Crippen MR) is 66.8 cm³/mol. The Bertz CT molecular complexity index is 321. The Morgan fingerprint density at radius 1 is 1.00 bits per heavy atom. The number of hydrogen-bond donors (Lipinski definition) is 0. The molecule has 0 spiro atoms. The first-order valence-corrected chi connectivity index (χ1v) is 5.94. The number of benzene rings is 1. The third-order valence-corrected chi connectivity index (χ3v) is 2.38. The lowest BCUT2D eigenvalue weighted by Crippen LogP contribution is -1.84. The van der Waals surface area contributed by atoms with Gasteiger partial charge in [-0.25, -0.2) is 0 Å². The largest absolute Gasteiger partial charge is 0.0979 e. The highest BCUT2D eigenvalue weighted by Crippen LogP contribution is 2.07. The highest BCUT2D eigenvalue weighted by molar-refractivity contribution is 5.36. The van der Waals surface area contributed by atoms with Crippen LogP contribution >= 0.6 is 0 Å². The van der Waals surface area contributed by atoms with E-state index in [1.807, 2.05) is 0 Å². The molecule has 15 heavy (non-hydrogen) atoms. The number of rotatable bonds is 4. The lowest BCUT2D eigenvalue weighted by atomic mass is 10.1. The molecule has 1 rings (SSSR count). The van der Waals surface area contributed by atoms with Crippen LogP contribution in [0.3, 0.4) is 0 Å². The van der Waals surface area contributed by atoms with E-state index >= 15 is 0 Å². The van der Waals surface area contributed by atoms with Crippen LogP contribution in [0.4, 0.5) is 0 Å². The second kappa shape index (κ2) is 7.12. The first-order chi connectivity index (χ1) is 7.36. The van der Waals surface area contributed by atoms with Gasteiger partial charge in [0.15, 0.2) is 0 Å². The van der Waals surface area contributed by atoms with Gasteiger partial charge in [0.1, 0.15) is 0 Å². The minimum atomic E-state index is 0.998. The average Bonchev–Trinajstić information content (AvgIpc) is 2.28. The molecule has 1 aromatic rings. The minimum absolute atomic E-state index is 0.998. The summed E-state index contributed by atoms with van der Waals surface area (Å²) in [4.78, 5) is 0. The molecule has 0 amide bonds. The molecule has 80 valence electrons. The fourth-order valence-corrected chi connectivity index (χ4v) is 1.43. The maximum atomic E-state index is 3.18. The Labute approximate surface area is 93.7 Å². The van der Waals surface area contributed by atoms with Crippen LogP contribution in [0.1, 0.15) is 50.7 Å². The van der Waals surface area contributed by atoms with Gasteiger partial charge in [0.05, 0.1) is 0 Å². The molecule has 0 saturated carbocycles. The summed E-state index contributed by atoms with van der Waals surface area (Å²) in [6.45, 7) is 4.38. The highest BCUT2D eigenvalue weighted by Gasteiger charge is 1.91. The van der Waals surface area contributed by atoms with Gasteiger partial charge in [-0.05, 0) is 37.0 Å². The van der Waals surface area contributed by atoms with Crippen LogP contribution in [0.15, 0.2) is 24.3 Å². The molecule has 1 aromatic carbocycles. The molecule has 0 radical (unpaired) electrons. The van der Waals surface area contributed by atoms with E-state index in [0.717, 1.165) is 18.4 Å². The van der Waals surface area contributed by atoms with E-state index in [4.69, 9.17) is 0 Å². The van der Waals surface area contributed by atoms with E-state index in [9.17, 15) is 0 Å². The number of aryl methyl sites for hydroxylation is 1. The molecule has 0 heterocycles. The van der Waals surface area contributed by atoms with Gasteiger partial charge in [0, 0.05) is 12.0 Å². The summed E-state index contributed by atoms with van der Waals surface area (Å²) < 4.78 is 0. The Balaban J connectivity index is 2.53. The van der Waals surface area contributed by atoms with Gasteiger partial charge < -0.3 is 0 Å². The van der Waals surface area contributed by atoms with E-state index in [1.54, 1.807) is 0 Å². The van der Waals surface area contributed by atoms with Gasteiger partial charge in [-0.2, -0.15) is 0 Å². The zero-order valence-corrected chi connectivity index (χ0v) is 9.84. The van der Waals surface area contributed by atoms with Gasteiger partial charge in [-0.15, -0.1) is 0 Å². The van der Waals surface area contributed by atoms with Crippen molar-refractivity contribution in [3.63, 3.8) is 0 Å². The Morgan fingerprint density at radius 2 is 1.73 bits per heavy atom. The van der Waals surface area contributed by atoms with Crippen LogP contribution in [0.5, 0.6) is 0 Å². The smallest absolute Gasteiger partial charge is 0.0245 e. The molecule has 0 aromatic heterocycles. The SMILES string of the molecule is CCCC#Cc1ccc(CCCC)cc1. The Morgan fingerprint density at radius 3 is 2.33 bits per heavy atom. The van der Waals surface area contributed by atoms with Crippen molar-refractivity contribution in [2.45, 2.75) is 46.0 Å². The van der Waals surface area contributed by atoms with Crippen molar-refractivity contribution in [3.05, 3.63) is 35.4 Å². The summed E-state index contributed by atoms with van der Waals surface area (Å²) in [5, 5.41) is 0. The normalized spacial score (nSPS) is 9.47. The van der Waals surface area contributed by atoms with Crippen LogP contribution in [0.25, 0.3) is 0 Å². The summed E-state index contributed by atoms with van der Waals surface area (Å²) >= 11 is 0. The maximum Gasteiger partial charge on any atom is 0.0245 e. The fraction of sp³-hybridized carbons (Fsp3) is 0.467. The van der Waals surface area contributed by atoms with Gasteiger partial charge >= 0.3 is 0 Å². The molecule has 0 bridgehead atoms. The molecule has 0 aliphatic carbocycles. The van der Waals surface area contributed by atoms with Crippen LogP contribution in [-0.4, -0.2) is 0 Å². The highest BCUT2D eigenvalue weighted by atomic mass is 14.0. The molecule has 0 N–H and O–H groups in total. The van der Waals surface area contributed by atoms with E-state index in [-0.39, 0.29) is 0 Å². The van der Waals surface area contributed by atoms with Crippen molar-refractivity contribution in [2.24, 2.45) is 0 Å². The van der Waals surface area contributed by atoms with Crippen molar-refractivity contribution >= 4 is 0 Å². The molecule has 0 aliphatic rings. The van der Waals surface area contributed by atoms with Crippen LogP contribution < -0.4 is 0 Å². The van der Waals surface area contributed by atoms with E-state index in [1.165, 1.54) is 24.8 Å². The molecule has 0 fully saturated rings. The van der Waals surface area contributed by atoms with Crippen molar-refractivity contribution in [1.29, 1.82) is 0 Å². The summed E-state index contributed by atoms with van der Waals surface area (Å²) in [5.41, 5.74) is 2.57. The minimum Gasteiger partial charge on any atom is -0.0979 e. The lowest BCUT2D eigenvalue weighted by Gasteiger charge is -1.99. The average molecular weight is 200 g/mol. The molecule has 0 saturated heterocycles. The molecular weight excluding hydrogens is 180 g/mol. The molecular formula is C15H20. The van der Waals surface area contributed by atoms with Crippen molar-refractivity contribution in [2.75, 3.05) is 0 Å². The molecule has 0 heteroatoms. The Hall–Kier alpha value is -1.22. The zero-order chi connectivity index (χ0) is 10.9. The van der Waals surface area contributed by atoms with Gasteiger partial charge in [-0.1, -0.05) is 44.2 Å². The quantitative estimate of drug-likeness (QED) is 0.640. The fourth-order valence-electron chi connectivity index (χ4n) is 1.43. The first-order valence-electron chi connectivity index (χ1n) is 5.94. The topological polar surface area (TPSA) is 0 Å². The third kappa shape index (κ3) is 4.70. The van der Waals surface area contributed by atoms with Crippen molar-refractivity contribution in [1.82, 2.24) is 0 Å². The maximum absolute atomic E-state index is 3.18. The van der Waals surface area contributed by atoms with Gasteiger partial charge in [0.25, 0.3) is 0 Å². The lowest BCUT2D eigenvalue weighted by molar-refractivity contribution is 0.795. The molecule has 0 atom stereocenters. The van der Waals surface area contributed by atoms with Crippen LogP contribution in [-0.2, 0) is 6.42 Å². The molecule has 0 aliphatic heterocycles. The van der Waals surface area contributed by atoms with E-state index in [0.29, 0.717) is 0 Å². The first kappa shape index (κ1) is 11.9. The monoisotopic (exact) mass is 200 g/mol. The number of hydrogen-bond acceptors (Lipinski definition) is 0. The summed E-state index contributed by atoms with van der Waals surface area (Å²) in [6.07, 6.45) is 5.87. The Kier molecular flexibility index (Phi) is 5.63. The zero-order valence-electron chi connectivity index (χ0n) is 9.84. The van der Waals surface area contributed by atoms with Crippen LogP contribution in [0.2, 0.25) is 0 Å². The standard InChI is InChI=1S/C15H20/c1-3-5-7-9-15-12-10-14(11-13-15)8-6-4-2/h10-13H,3-6,8H2,1-2H3. The van der Waals surface area contributed by atoms with Crippen molar-refractivity contribution in [3.8, 4) is 11.8 Å². The summed E-state index contributed by atoms with van der Waals surface area (Å²) in [6, 6.07) is 8.67. The predicted octanol–water partition coefficient (Wildman–Crippen LogP) is 4.18. The summed E-state index contributed by atoms with van der Waals surface area (Å²) in [7, 11) is 0. The van der Waals surface area contributed by atoms with Gasteiger partial charge in [0.2, 0.25) is 0 Å². The van der Waals surface area contributed by atoms with E-state index in [2.05, 4.69) is 50.0 Å². The van der Waals surface area contributed by atoms with Gasteiger partial charge in [-0.3, -0.25) is 0 Å². The third-order valence-electron chi connectivity index (χ3n) is 2.38. The summed E-state index contributed by atoms with van der Waals surface area (Å²) in [5.74, 6) is 6.34. The van der Waals surface area contributed by atoms with Crippen LogP contribution in [0, 0.1) is 11.8 Å². The second-order valence-electron chi connectivity index (χ2n) is 3.85.